The van der Waals surface area contributed by atoms with E-state index in [-0.39, 0.29) is 6.61 Å². The fourth-order valence-corrected chi connectivity index (χ4v) is 3.61. The molecule has 1 aromatic heterocycles. The zero-order valence-electron chi connectivity index (χ0n) is 11.3. The van der Waals surface area contributed by atoms with Gasteiger partial charge in [0.15, 0.2) is 11.5 Å². The second-order valence-electron chi connectivity index (χ2n) is 4.97. The average molecular weight is 298 g/mol. The first kappa shape index (κ1) is 12.7. The van der Waals surface area contributed by atoms with Crippen molar-refractivity contribution in [1.82, 2.24) is 0 Å². The molecule has 0 bridgehead atoms. The van der Waals surface area contributed by atoms with Crippen LogP contribution in [0.3, 0.4) is 0 Å². The first-order valence-electron chi connectivity index (χ1n) is 6.87. The highest BCUT2D eigenvalue weighted by Gasteiger charge is 2.18. The number of benzene rings is 2. The summed E-state index contributed by atoms with van der Waals surface area (Å²) in [6.07, 6.45) is 0. The molecule has 0 aliphatic carbocycles. The number of aliphatic hydroxyl groups excluding tert-OH is 1. The van der Waals surface area contributed by atoms with Gasteiger partial charge in [0.25, 0.3) is 0 Å². The Labute approximate surface area is 126 Å². The lowest BCUT2D eigenvalue weighted by molar-refractivity contribution is 0.172. The van der Waals surface area contributed by atoms with Crippen molar-refractivity contribution in [3.05, 3.63) is 47.3 Å². The fraction of sp³-hybridized carbons (Fsp3) is 0.176. The van der Waals surface area contributed by atoms with E-state index in [9.17, 15) is 5.11 Å². The molecule has 3 aromatic rings. The lowest BCUT2D eigenvalue weighted by Gasteiger charge is -2.20. The molecule has 0 fully saturated rings. The van der Waals surface area contributed by atoms with Crippen molar-refractivity contribution in [3.8, 4) is 22.6 Å². The van der Waals surface area contributed by atoms with Crippen molar-refractivity contribution >= 4 is 21.4 Å². The Balaban J connectivity index is 1.94. The molecule has 0 unspecified atom stereocenters. The van der Waals surface area contributed by atoms with Crippen molar-refractivity contribution in [1.29, 1.82) is 0 Å². The molecule has 3 nitrogen and oxygen atoms in total. The largest absolute Gasteiger partial charge is 0.486 e. The van der Waals surface area contributed by atoms with Crippen LogP contribution in [0.2, 0.25) is 0 Å². The van der Waals surface area contributed by atoms with Crippen molar-refractivity contribution in [2.75, 3.05) is 13.2 Å². The number of aliphatic hydroxyl groups is 1. The Hall–Kier alpha value is -2.04. The van der Waals surface area contributed by atoms with E-state index in [2.05, 4.69) is 17.5 Å². The van der Waals surface area contributed by atoms with Crippen molar-refractivity contribution in [3.63, 3.8) is 0 Å². The minimum absolute atomic E-state index is 0.0533. The molecular formula is C17H14O3S. The van der Waals surface area contributed by atoms with Crippen LogP contribution < -0.4 is 9.47 Å². The second kappa shape index (κ2) is 5.06. The molecular weight excluding hydrogens is 284 g/mol. The molecule has 1 aliphatic heterocycles. The standard InChI is InChI=1S/C17H14O3S/c18-9-11-4-5-16-13(8-11)14(10-21-16)12-2-1-3-15-17(12)20-7-6-19-15/h1-5,8,10,18H,6-7,9H2. The zero-order valence-corrected chi connectivity index (χ0v) is 12.2. The van der Waals surface area contributed by atoms with E-state index in [1.54, 1.807) is 11.3 Å². The van der Waals surface area contributed by atoms with Crippen molar-refractivity contribution in [2.45, 2.75) is 6.61 Å². The van der Waals surface area contributed by atoms with E-state index in [0.717, 1.165) is 33.6 Å². The summed E-state index contributed by atoms with van der Waals surface area (Å²) in [5, 5.41) is 12.6. The summed E-state index contributed by atoms with van der Waals surface area (Å²) in [7, 11) is 0. The van der Waals surface area contributed by atoms with Gasteiger partial charge in [-0.2, -0.15) is 0 Å². The predicted molar refractivity (Wildman–Crippen MR) is 84.2 cm³/mol. The molecule has 0 spiro atoms. The Morgan fingerprint density at radius 2 is 1.95 bits per heavy atom. The van der Waals surface area contributed by atoms with E-state index < -0.39 is 0 Å². The van der Waals surface area contributed by atoms with Gasteiger partial charge >= 0.3 is 0 Å². The molecule has 0 atom stereocenters. The molecule has 21 heavy (non-hydrogen) atoms. The zero-order chi connectivity index (χ0) is 14.2. The second-order valence-corrected chi connectivity index (χ2v) is 5.88. The maximum atomic E-state index is 9.35. The maximum Gasteiger partial charge on any atom is 0.169 e. The van der Waals surface area contributed by atoms with Crippen LogP contribution in [-0.4, -0.2) is 18.3 Å². The third kappa shape index (κ3) is 2.07. The molecule has 1 aliphatic rings. The number of para-hydroxylation sites is 1. The fourth-order valence-electron chi connectivity index (χ4n) is 2.67. The van der Waals surface area contributed by atoms with Gasteiger partial charge in [-0.1, -0.05) is 18.2 Å². The topological polar surface area (TPSA) is 38.7 Å². The number of thiophene rings is 1. The normalized spacial score (nSPS) is 13.6. The van der Waals surface area contributed by atoms with E-state index in [4.69, 9.17) is 9.47 Å². The monoisotopic (exact) mass is 298 g/mol. The minimum atomic E-state index is 0.0533. The third-order valence-electron chi connectivity index (χ3n) is 3.68. The molecule has 4 rings (SSSR count). The summed E-state index contributed by atoms with van der Waals surface area (Å²) in [4.78, 5) is 0. The Morgan fingerprint density at radius 3 is 2.86 bits per heavy atom. The first-order chi connectivity index (χ1) is 10.4. The number of hydrogen-bond donors (Lipinski definition) is 1. The molecule has 0 radical (unpaired) electrons. The van der Waals surface area contributed by atoms with Gasteiger partial charge in [0.2, 0.25) is 0 Å². The third-order valence-corrected chi connectivity index (χ3v) is 4.64. The quantitative estimate of drug-likeness (QED) is 0.781. The van der Waals surface area contributed by atoms with Crippen LogP contribution in [0.25, 0.3) is 21.2 Å². The molecule has 2 heterocycles. The number of fused-ring (bicyclic) bond motifs is 2. The summed E-state index contributed by atoms with van der Waals surface area (Å²) in [5.74, 6) is 1.62. The molecule has 1 N–H and O–H groups in total. The SMILES string of the molecule is OCc1ccc2scc(-c3cccc4c3OCCO4)c2c1. The summed E-state index contributed by atoms with van der Waals surface area (Å²) < 4.78 is 12.7. The molecule has 0 amide bonds. The Bertz CT molecular complexity index is 807. The summed E-state index contributed by atoms with van der Waals surface area (Å²) in [6, 6.07) is 12.0. The van der Waals surface area contributed by atoms with E-state index in [1.165, 1.54) is 4.70 Å². The van der Waals surface area contributed by atoms with Gasteiger partial charge in [-0.15, -0.1) is 11.3 Å². The highest BCUT2D eigenvalue weighted by Crippen LogP contribution is 2.44. The lowest BCUT2D eigenvalue weighted by Crippen LogP contribution is -2.15. The predicted octanol–water partition coefficient (Wildman–Crippen LogP) is 3.83. The van der Waals surface area contributed by atoms with Gasteiger partial charge in [0, 0.05) is 21.2 Å². The van der Waals surface area contributed by atoms with Crippen LogP contribution in [0.5, 0.6) is 11.5 Å². The van der Waals surface area contributed by atoms with Gasteiger partial charge in [0.05, 0.1) is 6.61 Å². The molecule has 0 saturated carbocycles. The lowest BCUT2D eigenvalue weighted by atomic mass is 10.0. The summed E-state index contributed by atoms with van der Waals surface area (Å²) >= 11 is 1.70. The van der Waals surface area contributed by atoms with Crippen LogP contribution in [0.1, 0.15) is 5.56 Å². The van der Waals surface area contributed by atoms with Gasteiger partial charge in [-0.3, -0.25) is 0 Å². The number of hydrogen-bond acceptors (Lipinski definition) is 4. The summed E-state index contributed by atoms with van der Waals surface area (Å²) in [5.41, 5.74) is 3.10. The van der Waals surface area contributed by atoms with Crippen molar-refractivity contribution in [2.24, 2.45) is 0 Å². The van der Waals surface area contributed by atoms with Crippen LogP contribution in [0, 0.1) is 0 Å². The number of ether oxygens (including phenoxy) is 2. The molecule has 4 heteroatoms. The highest BCUT2D eigenvalue weighted by molar-refractivity contribution is 7.17. The van der Waals surface area contributed by atoms with Gasteiger partial charge in [-0.25, -0.2) is 0 Å². The Morgan fingerprint density at radius 1 is 1.05 bits per heavy atom. The van der Waals surface area contributed by atoms with Gasteiger partial charge in [-0.05, 0) is 29.1 Å². The molecule has 106 valence electrons. The summed E-state index contributed by atoms with van der Waals surface area (Å²) in [6.45, 7) is 1.22. The maximum absolute atomic E-state index is 9.35. The van der Waals surface area contributed by atoms with Crippen LogP contribution >= 0.6 is 11.3 Å². The minimum Gasteiger partial charge on any atom is -0.486 e. The Kier molecular flexibility index (Phi) is 3.05. The van der Waals surface area contributed by atoms with E-state index in [1.807, 2.05) is 24.3 Å². The van der Waals surface area contributed by atoms with Gasteiger partial charge in [0.1, 0.15) is 13.2 Å². The van der Waals surface area contributed by atoms with E-state index >= 15 is 0 Å². The smallest absolute Gasteiger partial charge is 0.169 e. The van der Waals surface area contributed by atoms with Crippen LogP contribution in [-0.2, 0) is 6.61 Å². The van der Waals surface area contributed by atoms with Crippen LogP contribution in [0.4, 0.5) is 0 Å². The van der Waals surface area contributed by atoms with Crippen molar-refractivity contribution < 1.29 is 14.6 Å². The van der Waals surface area contributed by atoms with Crippen LogP contribution in [0.15, 0.2) is 41.8 Å². The highest BCUT2D eigenvalue weighted by atomic mass is 32.1. The van der Waals surface area contributed by atoms with E-state index in [0.29, 0.717) is 13.2 Å². The average Bonchev–Trinajstić information content (AvgIpc) is 2.97. The molecule has 0 saturated heterocycles. The molecule has 2 aromatic carbocycles. The number of rotatable bonds is 2. The van der Waals surface area contributed by atoms with Gasteiger partial charge < -0.3 is 14.6 Å². The first-order valence-corrected chi connectivity index (χ1v) is 7.75.